The van der Waals surface area contributed by atoms with Crippen molar-refractivity contribution in [3.8, 4) is 0 Å². The van der Waals surface area contributed by atoms with Crippen LogP contribution < -0.4 is 10.6 Å². The van der Waals surface area contributed by atoms with Crippen molar-refractivity contribution in [1.82, 2.24) is 4.98 Å². The lowest BCUT2D eigenvalue weighted by molar-refractivity contribution is 0.942. The predicted molar refractivity (Wildman–Crippen MR) is 72.3 cm³/mol. The Labute approximate surface area is 101 Å². The lowest BCUT2D eigenvalue weighted by Crippen LogP contribution is -2.19. The van der Waals surface area contributed by atoms with E-state index in [4.69, 9.17) is 10.7 Å². The Morgan fingerprint density at radius 1 is 1.24 bits per heavy atom. The highest BCUT2D eigenvalue weighted by Crippen LogP contribution is 2.27. The minimum absolute atomic E-state index is 0.770. The average Bonchev–Trinajstić information content (AvgIpc) is 2.84. The van der Waals surface area contributed by atoms with Gasteiger partial charge in [-0.05, 0) is 37.5 Å². The van der Waals surface area contributed by atoms with Gasteiger partial charge in [-0.1, -0.05) is 12.1 Å². The van der Waals surface area contributed by atoms with Crippen LogP contribution in [0.4, 0.5) is 11.5 Å². The van der Waals surface area contributed by atoms with Gasteiger partial charge < -0.3 is 10.6 Å². The maximum absolute atomic E-state index is 6.01. The fraction of sp³-hybridized carbons (Fsp3) is 0.357. The molecular formula is C14H17N3. The molecule has 1 saturated heterocycles. The monoisotopic (exact) mass is 227 g/mol. The van der Waals surface area contributed by atoms with Gasteiger partial charge in [-0.3, -0.25) is 0 Å². The Kier molecular flexibility index (Phi) is 2.39. The number of hydrogen-bond acceptors (Lipinski definition) is 3. The van der Waals surface area contributed by atoms with Gasteiger partial charge in [0.1, 0.15) is 5.82 Å². The van der Waals surface area contributed by atoms with Crippen molar-refractivity contribution in [2.45, 2.75) is 19.8 Å². The van der Waals surface area contributed by atoms with E-state index in [2.05, 4.69) is 24.0 Å². The van der Waals surface area contributed by atoms with Gasteiger partial charge in [0.15, 0.2) is 0 Å². The van der Waals surface area contributed by atoms with E-state index in [-0.39, 0.29) is 0 Å². The number of aryl methyl sites for hydroxylation is 1. The van der Waals surface area contributed by atoms with Crippen molar-refractivity contribution in [3.63, 3.8) is 0 Å². The number of nitrogens with zero attached hydrogens (tertiary/aromatic N) is 2. The Bertz CT molecular complexity index is 557. The minimum atomic E-state index is 0.770. The second-order valence-electron chi connectivity index (χ2n) is 4.73. The number of pyridine rings is 1. The predicted octanol–water partition coefficient (Wildman–Crippen LogP) is 2.73. The molecule has 3 heteroatoms. The molecule has 1 aliphatic heterocycles. The highest BCUT2D eigenvalue weighted by Gasteiger charge is 2.15. The number of aromatic nitrogens is 1. The standard InChI is InChI=1S/C14H17N3/c1-10-9-13(17-7-2-3-8-17)16-14-11(10)5-4-6-12(14)15/h4-6,9H,2-3,7-8,15H2,1H3. The molecule has 0 radical (unpaired) electrons. The van der Waals surface area contributed by atoms with Crippen LogP contribution in [-0.4, -0.2) is 18.1 Å². The lowest BCUT2D eigenvalue weighted by Gasteiger charge is -2.18. The third-order valence-corrected chi connectivity index (χ3v) is 3.49. The van der Waals surface area contributed by atoms with Gasteiger partial charge in [-0.2, -0.15) is 0 Å². The Morgan fingerprint density at radius 2 is 2.00 bits per heavy atom. The molecule has 0 amide bonds. The molecule has 3 nitrogen and oxygen atoms in total. The fourth-order valence-corrected chi connectivity index (χ4v) is 2.53. The number of rotatable bonds is 1. The van der Waals surface area contributed by atoms with Gasteiger partial charge in [-0.15, -0.1) is 0 Å². The van der Waals surface area contributed by atoms with Gasteiger partial charge in [0.25, 0.3) is 0 Å². The van der Waals surface area contributed by atoms with Crippen LogP contribution in [0.3, 0.4) is 0 Å². The Balaban J connectivity index is 2.18. The van der Waals surface area contributed by atoms with Crippen molar-refractivity contribution in [2.75, 3.05) is 23.7 Å². The molecule has 1 fully saturated rings. The molecule has 0 unspecified atom stereocenters. The van der Waals surface area contributed by atoms with Gasteiger partial charge >= 0.3 is 0 Å². The smallest absolute Gasteiger partial charge is 0.129 e. The summed E-state index contributed by atoms with van der Waals surface area (Å²) in [6.07, 6.45) is 2.53. The summed E-state index contributed by atoms with van der Waals surface area (Å²) in [5, 5.41) is 1.16. The van der Waals surface area contributed by atoms with Gasteiger partial charge in [0.05, 0.1) is 11.2 Å². The maximum atomic E-state index is 6.01. The number of nitrogens with two attached hydrogens (primary N) is 1. The molecule has 3 rings (SSSR count). The van der Waals surface area contributed by atoms with Crippen molar-refractivity contribution in [2.24, 2.45) is 0 Å². The van der Waals surface area contributed by atoms with Crippen LogP contribution in [-0.2, 0) is 0 Å². The zero-order valence-electron chi connectivity index (χ0n) is 10.1. The highest BCUT2D eigenvalue weighted by atomic mass is 15.2. The zero-order chi connectivity index (χ0) is 11.8. The first-order chi connectivity index (χ1) is 8.25. The van der Waals surface area contributed by atoms with Crippen LogP contribution in [0.25, 0.3) is 10.9 Å². The van der Waals surface area contributed by atoms with Crippen molar-refractivity contribution < 1.29 is 0 Å². The van der Waals surface area contributed by atoms with Crippen molar-refractivity contribution in [1.29, 1.82) is 0 Å². The van der Waals surface area contributed by atoms with E-state index in [1.165, 1.54) is 18.4 Å². The lowest BCUT2D eigenvalue weighted by atomic mass is 10.1. The van der Waals surface area contributed by atoms with Crippen LogP contribution in [0.2, 0.25) is 0 Å². The molecule has 2 heterocycles. The summed E-state index contributed by atoms with van der Waals surface area (Å²) in [6, 6.07) is 8.17. The van der Waals surface area contributed by atoms with E-state index in [9.17, 15) is 0 Å². The molecule has 17 heavy (non-hydrogen) atoms. The molecule has 0 aliphatic carbocycles. The average molecular weight is 227 g/mol. The number of nitrogen functional groups attached to an aromatic ring is 1. The topological polar surface area (TPSA) is 42.2 Å². The second kappa shape index (κ2) is 3.91. The summed E-state index contributed by atoms with van der Waals surface area (Å²) in [5.41, 5.74) is 8.97. The summed E-state index contributed by atoms with van der Waals surface area (Å²) >= 11 is 0. The maximum Gasteiger partial charge on any atom is 0.129 e. The molecule has 0 atom stereocenters. The summed E-state index contributed by atoms with van der Waals surface area (Å²) in [5.74, 6) is 1.07. The summed E-state index contributed by atoms with van der Waals surface area (Å²) < 4.78 is 0. The van der Waals surface area contributed by atoms with E-state index in [0.717, 1.165) is 35.5 Å². The van der Waals surface area contributed by atoms with Gasteiger partial charge in [-0.25, -0.2) is 4.98 Å². The van der Waals surface area contributed by atoms with Crippen molar-refractivity contribution in [3.05, 3.63) is 29.8 Å². The van der Waals surface area contributed by atoms with Crippen LogP contribution in [0.5, 0.6) is 0 Å². The molecule has 0 bridgehead atoms. The number of fused-ring (bicyclic) bond motifs is 1. The molecular weight excluding hydrogens is 210 g/mol. The molecule has 88 valence electrons. The molecule has 2 aromatic rings. The first-order valence-electron chi connectivity index (χ1n) is 6.16. The fourth-order valence-electron chi connectivity index (χ4n) is 2.53. The summed E-state index contributed by atoms with van der Waals surface area (Å²) in [6.45, 7) is 4.36. The van der Waals surface area contributed by atoms with Crippen LogP contribution in [0, 0.1) is 6.92 Å². The molecule has 1 aromatic heterocycles. The van der Waals surface area contributed by atoms with Gasteiger partial charge in [0, 0.05) is 18.5 Å². The molecule has 1 aliphatic rings. The number of benzene rings is 1. The molecule has 2 N–H and O–H groups in total. The Hall–Kier alpha value is -1.77. The van der Waals surface area contributed by atoms with Crippen LogP contribution in [0.15, 0.2) is 24.3 Å². The number of para-hydroxylation sites is 1. The summed E-state index contributed by atoms with van der Waals surface area (Å²) in [7, 11) is 0. The van der Waals surface area contributed by atoms with E-state index in [1.807, 2.05) is 12.1 Å². The third-order valence-electron chi connectivity index (χ3n) is 3.49. The molecule has 0 spiro atoms. The first-order valence-corrected chi connectivity index (χ1v) is 6.16. The Morgan fingerprint density at radius 3 is 2.76 bits per heavy atom. The van der Waals surface area contributed by atoms with E-state index >= 15 is 0 Å². The van der Waals surface area contributed by atoms with Crippen molar-refractivity contribution >= 4 is 22.4 Å². The van der Waals surface area contributed by atoms with Crippen LogP contribution in [0.1, 0.15) is 18.4 Å². The normalized spacial score (nSPS) is 15.7. The highest BCUT2D eigenvalue weighted by molar-refractivity contribution is 5.92. The number of hydrogen-bond donors (Lipinski definition) is 1. The van der Waals surface area contributed by atoms with E-state index in [0.29, 0.717) is 0 Å². The summed E-state index contributed by atoms with van der Waals surface area (Å²) in [4.78, 5) is 7.06. The quantitative estimate of drug-likeness (QED) is 0.762. The minimum Gasteiger partial charge on any atom is -0.397 e. The van der Waals surface area contributed by atoms with Gasteiger partial charge in [0.2, 0.25) is 0 Å². The second-order valence-corrected chi connectivity index (χ2v) is 4.73. The largest absolute Gasteiger partial charge is 0.397 e. The van der Waals surface area contributed by atoms with Crippen LogP contribution >= 0.6 is 0 Å². The number of anilines is 2. The first kappa shape index (κ1) is 10.4. The molecule has 0 saturated carbocycles. The zero-order valence-corrected chi connectivity index (χ0v) is 10.1. The molecule has 1 aromatic carbocycles. The third kappa shape index (κ3) is 1.71. The SMILES string of the molecule is Cc1cc(N2CCCC2)nc2c(N)cccc12. The van der Waals surface area contributed by atoms with E-state index in [1.54, 1.807) is 0 Å². The van der Waals surface area contributed by atoms with E-state index < -0.39 is 0 Å².